The molecule has 58 heavy (non-hydrogen) atoms. The lowest BCUT2D eigenvalue weighted by atomic mass is 10.0. The molecule has 6 nitrogen and oxygen atoms in total. The molecule has 0 saturated carbocycles. The minimum absolute atomic E-state index is 0.0808. The van der Waals surface area contributed by atoms with E-state index in [9.17, 15) is 14.4 Å². The predicted octanol–water partition coefficient (Wildman–Crippen LogP) is 15.9. The molecule has 0 aliphatic rings. The molecule has 0 aromatic carbocycles. The van der Waals surface area contributed by atoms with Crippen molar-refractivity contribution < 1.29 is 28.6 Å². The van der Waals surface area contributed by atoms with E-state index in [1.54, 1.807) is 0 Å². The van der Waals surface area contributed by atoms with E-state index in [-0.39, 0.29) is 31.1 Å². The van der Waals surface area contributed by atoms with Crippen LogP contribution in [0.3, 0.4) is 0 Å². The Morgan fingerprint density at radius 1 is 0.362 bits per heavy atom. The average molecular weight is 813 g/mol. The van der Waals surface area contributed by atoms with Crippen LogP contribution >= 0.6 is 0 Å². The SMILES string of the molecule is CC/C=C\C/C=C\C/C=C\CCCCCCCC(=O)O[C@H](COC(=O)CCCCCCC/C=C\CCCCCC)COC(=O)CCCCCCCCCCCCCC. The Morgan fingerprint density at radius 2 is 0.672 bits per heavy atom. The van der Waals surface area contributed by atoms with Gasteiger partial charge in [-0.15, -0.1) is 0 Å². The standard InChI is InChI=1S/C52H92O6/c1-4-7-10-13-16-19-22-25-26-28-31-34-37-40-43-46-52(55)58-49(47-56-50(53)44-41-38-35-32-29-24-21-18-15-12-9-6-3)48-57-51(54)45-42-39-36-33-30-27-23-20-17-14-11-8-5-2/h7,10,16,19-20,23,25-26,49H,4-6,8-9,11-15,17-18,21-22,24,27-48H2,1-3H3/b10-7-,19-16-,23-20-,26-25-/t49-/m0/s1. The lowest BCUT2D eigenvalue weighted by Crippen LogP contribution is -2.30. The number of esters is 3. The Hall–Kier alpha value is -2.63. The van der Waals surface area contributed by atoms with Gasteiger partial charge in [0.1, 0.15) is 13.2 Å². The summed E-state index contributed by atoms with van der Waals surface area (Å²) in [5, 5.41) is 0. The van der Waals surface area contributed by atoms with Gasteiger partial charge in [0.05, 0.1) is 0 Å². The van der Waals surface area contributed by atoms with E-state index in [0.717, 1.165) is 103 Å². The molecule has 336 valence electrons. The third-order valence-electron chi connectivity index (χ3n) is 10.6. The zero-order chi connectivity index (χ0) is 42.3. The van der Waals surface area contributed by atoms with Crippen LogP contribution in [0.1, 0.15) is 245 Å². The second-order valence-corrected chi connectivity index (χ2v) is 16.3. The molecular formula is C52H92O6. The first-order chi connectivity index (χ1) is 28.5. The molecule has 0 aromatic heterocycles. The number of carbonyl (C=O) groups excluding carboxylic acids is 3. The second kappa shape index (κ2) is 47.1. The zero-order valence-corrected chi connectivity index (χ0v) is 38.3. The summed E-state index contributed by atoms with van der Waals surface area (Å²) in [6, 6.07) is 0. The van der Waals surface area contributed by atoms with Crippen LogP contribution < -0.4 is 0 Å². The molecule has 0 bridgehead atoms. The Labute approximate surface area is 358 Å². The summed E-state index contributed by atoms with van der Waals surface area (Å²) in [6.45, 7) is 6.49. The Bertz CT molecular complexity index is 1030. The molecule has 0 fully saturated rings. The van der Waals surface area contributed by atoms with Crippen LogP contribution in [0, 0.1) is 0 Å². The fourth-order valence-corrected chi connectivity index (χ4v) is 6.86. The van der Waals surface area contributed by atoms with Crippen LogP contribution in [0.25, 0.3) is 0 Å². The molecule has 6 heteroatoms. The summed E-state index contributed by atoms with van der Waals surface area (Å²) in [5.74, 6) is -0.903. The minimum Gasteiger partial charge on any atom is -0.462 e. The van der Waals surface area contributed by atoms with E-state index in [2.05, 4.69) is 69.4 Å². The zero-order valence-electron chi connectivity index (χ0n) is 38.3. The molecule has 0 radical (unpaired) electrons. The van der Waals surface area contributed by atoms with Crippen LogP contribution in [0.4, 0.5) is 0 Å². The third-order valence-corrected chi connectivity index (χ3v) is 10.6. The van der Waals surface area contributed by atoms with Crippen LogP contribution in [0.5, 0.6) is 0 Å². The first-order valence-corrected chi connectivity index (χ1v) is 24.6. The van der Waals surface area contributed by atoms with Crippen molar-refractivity contribution in [3.63, 3.8) is 0 Å². The first kappa shape index (κ1) is 55.4. The number of hydrogen-bond donors (Lipinski definition) is 0. The van der Waals surface area contributed by atoms with Crippen LogP contribution in [-0.2, 0) is 28.6 Å². The highest BCUT2D eigenvalue weighted by atomic mass is 16.6. The highest BCUT2D eigenvalue weighted by molar-refractivity contribution is 5.71. The van der Waals surface area contributed by atoms with Crippen molar-refractivity contribution in [3.05, 3.63) is 48.6 Å². The Balaban J connectivity index is 4.41. The molecule has 0 unspecified atom stereocenters. The van der Waals surface area contributed by atoms with Gasteiger partial charge < -0.3 is 14.2 Å². The Morgan fingerprint density at radius 3 is 1.09 bits per heavy atom. The van der Waals surface area contributed by atoms with Gasteiger partial charge in [0, 0.05) is 19.3 Å². The van der Waals surface area contributed by atoms with E-state index in [4.69, 9.17) is 14.2 Å². The maximum absolute atomic E-state index is 12.8. The van der Waals surface area contributed by atoms with E-state index in [1.807, 2.05) is 0 Å². The van der Waals surface area contributed by atoms with Gasteiger partial charge in [-0.3, -0.25) is 14.4 Å². The highest BCUT2D eigenvalue weighted by Gasteiger charge is 2.19. The summed E-state index contributed by atoms with van der Waals surface area (Å²) in [5.41, 5.74) is 0. The van der Waals surface area contributed by atoms with Gasteiger partial charge in [-0.2, -0.15) is 0 Å². The normalized spacial score (nSPS) is 12.4. The summed E-state index contributed by atoms with van der Waals surface area (Å²) in [4.78, 5) is 37.9. The smallest absolute Gasteiger partial charge is 0.306 e. The number of rotatable bonds is 44. The topological polar surface area (TPSA) is 78.9 Å². The fraction of sp³-hybridized carbons (Fsp3) is 0.788. The van der Waals surface area contributed by atoms with Crippen LogP contribution in [-0.4, -0.2) is 37.2 Å². The summed E-state index contributed by atoms with van der Waals surface area (Å²) >= 11 is 0. The molecule has 0 aromatic rings. The molecule has 0 aliphatic carbocycles. The fourth-order valence-electron chi connectivity index (χ4n) is 6.86. The lowest BCUT2D eigenvalue weighted by Gasteiger charge is -2.18. The van der Waals surface area contributed by atoms with Gasteiger partial charge in [0.25, 0.3) is 0 Å². The molecule has 0 heterocycles. The quantitative estimate of drug-likeness (QED) is 0.0264. The second-order valence-electron chi connectivity index (χ2n) is 16.3. The summed E-state index contributed by atoms with van der Waals surface area (Å²) in [6.07, 6.45) is 55.1. The molecule has 0 saturated heterocycles. The van der Waals surface area contributed by atoms with E-state index in [1.165, 1.54) is 103 Å². The monoisotopic (exact) mass is 813 g/mol. The summed E-state index contributed by atoms with van der Waals surface area (Å²) in [7, 11) is 0. The Kier molecular flexibility index (Phi) is 44.9. The average Bonchev–Trinajstić information content (AvgIpc) is 3.22. The van der Waals surface area contributed by atoms with Crippen molar-refractivity contribution in [2.45, 2.75) is 252 Å². The van der Waals surface area contributed by atoms with Gasteiger partial charge in [-0.25, -0.2) is 0 Å². The third kappa shape index (κ3) is 44.5. The largest absolute Gasteiger partial charge is 0.462 e. The van der Waals surface area contributed by atoms with Crippen molar-refractivity contribution in [1.82, 2.24) is 0 Å². The van der Waals surface area contributed by atoms with Crippen molar-refractivity contribution in [2.75, 3.05) is 13.2 Å². The number of allylic oxidation sites excluding steroid dienone is 8. The molecule has 0 rings (SSSR count). The van der Waals surface area contributed by atoms with Gasteiger partial charge >= 0.3 is 17.9 Å². The highest BCUT2D eigenvalue weighted by Crippen LogP contribution is 2.14. The number of ether oxygens (including phenoxy) is 3. The van der Waals surface area contributed by atoms with Gasteiger partial charge in [0.2, 0.25) is 0 Å². The lowest BCUT2D eigenvalue weighted by molar-refractivity contribution is -0.167. The van der Waals surface area contributed by atoms with Crippen molar-refractivity contribution in [1.29, 1.82) is 0 Å². The van der Waals surface area contributed by atoms with Crippen molar-refractivity contribution >= 4 is 17.9 Å². The minimum atomic E-state index is -0.781. The molecule has 0 spiro atoms. The molecular weight excluding hydrogens is 721 g/mol. The summed E-state index contributed by atoms with van der Waals surface area (Å²) < 4.78 is 16.7. The van der Waals surface area contributed by atoms with Gasteiger partial charge in [-0.1, -0.05) is 198 Å². The van der Waals surface area contributed by atoms with E-state index in [0.29, 0.717) is 19.3 Å². The van der Waals surface area contributed by atoms with E-state index >= 15 is 0 Å². The molecule has 0 amide bonds. The molecule has 0 N–H and O–H groups in total. The number of unbranched alkanes of at least 4 members (excludes halogenated alkanes) is 25. The van der Waals surface area contributed by atoms with Crippen molar-refractivity contribution in [2.24, 2.45) is 0 Å². The maximum Gasteiger partial charge on any atom is 0.306 e. The maximum atomic E-state index is 12.8. The van der Waals surface area contributed by atoms with E-state index < -0.39 is 6.10 Å². The van der Waals surface area contributed by atoms with Crippen molar-refractivity contribution in [3.8, 4) is 0 Å². The van der Waals surface area contributed by atoms with Gasteiger partial charge in [-0.05, 0) is 77.0 Å². The predicted molar refractivity (Wildman–Crippen MR) is 247 cm³/mol. The molecule has 1 atom stereocenters. The number of carbonyl (C=O) groups is 3. The van der Waals surface area contributed by atoms with Crippen LogP contribution in [0.15, 0.2) is 48.6 Å². The van der Waals surface area contributed by atoms with Crippen LogP contribution in [0.2, 0.25) is 0 Å². The first-order valence-electron chi connectivity index (χ1n) is 24.6. The van der Waals surface area contributed by atoms with Gasteiger partial charge in [0.15, 0.2) is 6.10 Å². The number of hydrogen-bond acceptors (Lipinski definition) is 6. The molecule has 0 aliphatic heterocycles.